The lowest BCUT2D eigenvalue weighted by atomic mass is 10.1. The predicted octanol–water partition coefficient (Wildman–Crippen LogP) is 3.33. The Bertz CT molecular complexity index is 1440. The summed E-state index contributed by atoms with van der Waals surface area (Å²) >= 11 is 0. The third kappa shape index (κ3) is 3.80. The number of imidazole rings is 1. The van der Waals surface area contributed by atoms with E-state index in [1.807, 2.05) is 32.0 Å². The Morgan fingerprint density at radius 2 is 1.88 bits per heavy atom. The maximum atomic E-state index is 13.8. The Kier molecular flexibility index (Phi) is 5.46. The van der Waals surface area contributed by atoms with Crippen LogP contribution in [0.2, 0.25) is 0 Å². The number of rotatable bonds is 5. The highest BCUT2D eigenvalue weighted by molar-refractivity contribution is 5.73. The standard InChI is InChI=1S/C25H25FN4O3/c1-16-6-3-7-17(2)21(16)30-23-22(24(31)29(25(30)32)14-20-10-5-11-33-20)28(15-27-23)13-18-8-4-9-19(26)12-18/h3-4,6-9,12,15,20H,5,10-11,13-14H2,1-2H3. The summed E-state index contributed by atoms with van der Waals surface area (Å²) in [5, 5.41) is 0. The average molecular weight is 448 g/mol. The molecule has 0 amide bonds. The molecule has 4 aromatic rings. The summed E-state index contributed by atoms with van der Waals surface area (Å²) < 4.78 is 23.9. The molecule has 2 aromatic heterocycles. The van der Waals surface area contributed by atoms with Crippen LogP contribution in [0.25, 0.3) is 16.9 Å². The van der Waals surface area contributed by atoms with Gasteiger partial charge in [-0.05, 0) is 55.5 Å². The van der Waals surface area contributed by atoms with Crippen molar-refractivity contribution in [1.82, 2.24) is 18.7 Å². The molecule has 0 aliphatic carbocycles. The van der Waals surface area contributed by atoms with E-state index in [0.717, 1.165) is 24.0 Å². The number of ether oxygens (including phenoxy) is 1. The molecular weight excluding hydrogens is 423 g/mol. The average Bonchev–Trinajstić information content (AvgIpc) is 3.43. The van der Waals surface area contributed by atoms with Gasteiger partial charge in [-0.2, -0.15) is 0 Å². The van der Waals surface area contributed by atoms with Crippen molar-refractivity contribution in [3.05, 3.63) is 92.1 Å². The van der Waals surface area contributed by atoms with E-state index in [0.29, 0.717) is 29.0 Å². The Balaban J connectivity index is 1.77. The third-order valence-electron chi connectivity index (χ3n) is 6.22. The quantitative estimate of drug-likeness (QED) is 0.470. The van der Waals surface area contributed by atoms with Gasteiger partial charge in [0.05, 0.1) is 24.7 Å². The zero-order valence-corrected chi connectivity index (χ0v) is 18.6. The molecule has 1 atom stereocenters. The summed E-state index contributed by atoms with van der Waals surface area (Å²) in [5.74, 6) is -0.347. The molecule has 1 unspecified atom stereocenters. The lowest BCUT2D eigenvalue weighted by Gasteiger charge is -2.17. The van der Waals surface area contributed by atoms with Crippen LogP contribution in [0, 0.1) is 19.7 Å². The minimum atomic E-state index is -0.434. The zero-order chi connectivity index (χ0) is 23.1. The molecule has 0 bridgehead atoms. The second kappa shape index (κ2) is 8.44. The molecule has 8 heteroatoms. The van der Waals surface area contributed by atoms with Crippen molar-refractivity contribution >= 4 is 11.2 Å². The first kappa shape index (κ1) is 21.3. The molecule has 170 valence electrons. The van der Waals surface area contributed by atoms with Crippen LogP contribution in [0.5, 0.6) is 0 Å². The van der Waals surface area contributed by atoms with Crippen LogP contribution in [0.3, 0.4) is 0 Å². The fourth-order valence-electron chi connectivity index (χ4n) is 4.64. The molecule has 1 aliphatic heterocycles. The van der Waals surface area contributed by atoms with Crippen molar-refractivity contribution in [2.45, 2.75) is 45.9 Å². The molecule has 0 spiro atoms. The molecule has 7 nitrogen and oxygen atoms in total. The second-order valence-electron chi connectivity index (χ2n) is 8.58. The monoisotopic (exact) mass is 448 g/mol. The molecular formula is C25H25FN4O3. The van der Waals surface area contributed by atoms with Gasteiger partial charge in [-0.1, -0.05) is 30.3 Å². The minimum Gasteiger partial charge on any atom is -0.376 e. The summed E-state index contributed by atoms with van der Waals surface area (Å²) in [6.07, 6.45) is 3.07. The van der Waals surface area contributed by atoms with Gasteiger partial charge in [-0.25, -0.2) is 18.7 Å². The lowest BCUT2D eigenvalue weighted by Crippen LogP contribution is -2.42. The highest BCUT2D eigenvalue weighted by atomic mass is 19.1. The Hall–Kier alpha value is -3.52. The van der Waals surface area contributed by atoms with Gasteiger partial charge in [-0.15, -0.1) is 0 Å². The number of hydrogen-bond donors (Lipinski definition) is 0. The van der Waals surface area contributed by atoms with Crippen LogP contribution in [0.4, 0.5) is 4.39 Å². The molecule has 0 radical (unpaired) electrons. The molecule has 0 saturated carbocycles. The van der Waals surface area contributed by atoms with E-state index >= 15 is 0 Å². The largest absolute Gasteiger partial charge is 0.376 e. The number of nitrogens with zero attached hydrogens (tertiary/aromatic N) is 4. The Morgan fingerprint density at radius 3 is 2.58 bits per heavy atom. The molecule has 1 fully saturated rings. The van der Waals surface area contributed by atoms with Gasteiger partial charge >= 0.3 is 5.69 Å². The van der Waals surface area contributed by atoms with E-state index in [1.165, 1.54) is 27.6 Å². The maximum absolute atomic E-state index is 13.8. The van der Waals surface area contributed by atoms with E-state index < -0.39 is 11.2 Å². The molecule has 5 rings (SSSR count). The summed E-state index contributed by atoms with van der Waals surface area (Å²) in [5.41, 5.74) is 2.97. The molecule has 1 aliphatic rings. The van der Waals surface area contributed by atoms with Crippen LogP contribution in [0.1, 0.15) is 29.5 Å². The molecule has 2 aromatic carbocycles. The van der Waals surface area contributed by atoms with Crippen molar-refractivity contribution in [3.8, 4) is 5.69 Å². The van der Waals surface area contributed by atoms with Crippen LogP contribution in [0.15, 0.2) is 58.4 Å². The predicted molar refractivity (Wildman–Crippen MR) is 124 cm³/mol. The number of benzene rings is 2. The Labute approximate surface area is 189 Å². The highest BCUT2D eigenvalue weighted by Gasteiger charge is 2.24. The number of fused-ring (bicyclic) bond motifs is 1. The van der Waals surface area contributed by atoms with Crippen LogP contribution in [-0.2, 0) is 17.8 Å². The van der Waals surface area contributed by atoms with Gasteiger partial charge in [-0.3, -0.25) is 9.36 Å². The number of para-hydroxylation sites is 1. The molecule has 1 saturated heterocycles. The first-order valence-electron chi connectivity index (χ1n) is 11.1. The summed E-state index contributed by atoms with van der Waals surface area (Å²) in [6.45, 7) is 4.93. The zero-order valence-electron chi connectivity index (χ0n) is 18.6. The normalized spacial score (nSPS) is 16.0. The van der Waals surface area contributed by atoms with Crippen molar-refractivity contribution in [1.29, 1.82) is 0 Å². The summed E-state index contributed by atoms with van der Waals surface area (Å²) in [7, 11) is 0. The summed E-state index contributed by atoms with van der Waals surface area (Å²) in [4.78, 5) is 31.7. The fraction of sp³-hybridized carbons (Fsp3) is 0.320. The fourth-order valence-corrected chi connectivity index (χ4v) is 4.64. The van der Waals surface area contributed by atoms with Gasteiger partial charge in [0.25, 0.3) is 5.56 Å². The van der Waals surface area contributed by atoms with Gasteiger partial charge in [0.2, 0.25) is 0 Å². The van der Waals surface area contributed by atoms with E-state index in [1.54, 1.807) is 16.7 Å². The van der Waals surface area contributed by atoms with Crippen molar-refractivity contribution in [2.75, 3.05) is 6.61 Å². The van der Waals surface area contributed by atoms with Crippen LogP contribution < -0.4 is 11.2 Å². The highest BCUT2D eigenvalue weighted by Crippen LogP contribution is 2.21. The first-order valence-corrected chi connectivity index (χ1v) is 11.1. The van der Waals surface area contributed by atoms with Gasteiger partial charge in [0, 0.05) is 13.2 Å². The first-order chi connectivity index (χ1) is 15.9. The number of hydrogen-bond acceptors (Lipinski definition) is 4. The Morgan fingerprint density at radius 1 is 1.12 bits per heavy atom. The number of halogens is 1. The van der Waals surface area contributed by atoms with E-state index in [9.17, 15) is 14.0 Å². The van der Waals surface area contributed by atoms with E-state index in [2.05, 4.69) is 4.98 Å². The second-order valence-corrected chi connectivity index (χ2v) is 8.58. The smallest absolute Gasteiger partial charge is 0.337 e. The van der Waals surface area contributed by atoms with Crippen LogP contribution >= 0.6 is 0 Å². The number of aromatic nitrogens is 4. The van der Waals surface area contributed by atoms with Crippen LogP contribution in [-0.4, -0.2) is 31.4 Å². The van der Waals surface area contributed by atoms with Gasteiger partial charge in [0.15, 0.2) is 11.2 Å². The molecule has 33 heavy (non-hydrogen) atoms. The van der Waals surface area contributed by atoms with Crippen molar-refractivity contribution in [2.24, 2.45) is 0 Å². The third-order valence-corrected chi connectivity index (χ3v) is 6.22. The maximum Gasteiger partial charge on any atom is 0.337 e. The number of aryl methyl sites for hydroxylation is 2. The minimum absolute atomic E-state index is 0.182. The van der Waals surface area contributed by atoms with E-state index in [-0.39, 0.29) is 25.0 Å². The van der Waals surface area contributed by atoms with E-state index in [4.69, 9.17) is 4.74 Å². The van der Waals surface area contributed by atoms with Crippen molar-refractivity contribution < 1.29 is 9.13 Å². The molecule has 3 heterocycles. The summed E-state index contributed by atoms with van der Waals surface area (Å²) in [6, 6.07) is 12.0. The topological polar surface area (TPSA) is 71.1 Å². The SMILES string of the molecule is Cc1cccc(C)c1-n1c(=O)n(CC2CCCO2)c(=O)c2c1ncn2Cc1cccc(F)c1. The van der Waals surface area contributed by atoms with Crippen molar-refractivity contribution in [3.63, 3.8) is 0 Å². The van der Waals surface area contributed by atoms with Gasteiger partial charge in [0.1, 0.15) is 5.82 Å². The lowest BCUT2D eigenvalue weighted by molar-refractivity contribution is 0.0950. The molecule has 0 N–H and O–H groups in total. The van der Waals surface area contributed by atoms with Gasteiger partial charge < -0.3 is 9.30 Å².